The summed E-state index contributed by atoms with van der Waals surface area (Å²) in [6, 6.07) is 12.3. The Morgan fingerprint density at radius 2 is 1.86 bits per heavy atom. The Balaban J connectivity index is 2.14. The Kier molecular flexibility index (Phi) is 4.80. The summed E-state index contributed by atoms with van der Waals surface area (Å²) < 4.78 is 26.4. The van der Waals surface area contributed by atoms with Gasteiger partial charge in [0.2, 0.25) is 10.0 Å². The Morgan fingerprint density at radius 3 is 2.43 bits per heavy atom. The van der Waals surface area contributed by atoms with Crippen molar-refractivity contribution in [3.8, 4) is 0 Å². The maximum absolute atomic E-state index is 12.5. The summed E-state index contributed by atoms with van der Waals surface area (Å²) in [5.74, 6) is 0.0300. The molecule has 0 aliphatic heterocycles. The van der Waals surface area contributed by atoms with Gasteiger partial charge in [0.1, 0.15) is 0 Å². The van der Waals surface area contributed by atoms with Crippen LogP contribution in [0.25, 0.3) is 0 Å². The van der Waals surface area contributed by atoms with Crippen molar-refractivity contribution < 1.29 is 8.42 Å². The molecule has 0 fully saturated rings. The van der Waals surface area contributed by atoms with Crippen LogP contribution < -0.4 is 10.0 Å². The van der Waals surface area contributed by atoms with E-state index in [0.29, 0.717) is 24.3 Å². The summed E-state index contributed by atoms with van der Waals surface area (Å²) in [7, 11) is -3.38. The van der Waals surface area contributed by atoms with Gasteiger partial charge in [0.15, 0.2) is 0 Å². The Labute approximate surface area is 125 Å². The predicted octanol–water partition coefficient (Wildman–Crippen LogP) is 2.06. The average molecular weight is 305 g/mol. The lowest BCUT2D eigenvalue weighted by molar-refractivity contribution is 0.590. The second-order valence-electron chi connectivity index (χ2n) is 4.64. The van der Waals surface area contributed by atoms with Gasteiger partial charge in [-0.1, -0.05) is 6.07 Å². The van der Waals surface area contributed by atoms with Crippen LogP contribution in [0.1, 0.15) is 12.6 Å². The van der Waals surface area contributed by atoms with Gasteiger partial charge in [-0.3, -0.25) is 9.29 Å². The number of aromatic nitrogens is 1. The molecule has 1 aromatic carbocycles. The number of pyridine rings is 1. The molecule has 2 aromatic rings. The molecule has 6 heteroatoms. The van der Waals surface area contributed by atoms with Crippen molar-refractivity contribution in [1.82, 2.24) is 4.98 Å². The first-order valence-corrected chi connectivity index (χ1v) is 8.39. The number of rotatable bonds is 6. The van der Waals surface area contributed by atoms with Crippen molar-refractivity contribution in [3.63, 3.8) is 0 Å². The van der Waals surface area contributed by atoms with E-state index in [9.17, 15) is 8.42 Å². The van der Waals surface area contributed by atoms with Crippen LogP contribution >= 0.6 is 0 Å². The summed E-state index contributed by atoms with van der Waals surface area (Å²) >= 11 is 0. The van der Waals surface area contributed by atoms with Gasteiger partial charge in [-0.25, -0.2) is 8.42 Å². The van der Waals surface area contributed by atoms with E-state index >= 15 is 0 Å². The summed E-state index contributed by atoms with van der Waals surface area (Å²) in [5, 5.41) is 0. The maximum atomic E-state index is 12.5. The SMILES string of the molecule is CCN(c1ccc(N)cc1)S(=O)(=O)CCc1ccccn1. The first-order valence-electron chi connectivity index (χ1n) is 6.79. The summed E-state index contributed by atoms with van der Waals surface area (Å²) in [4.78, 5) is 4.15. The minimum Gasteiger partial charge on any atom is -0.399 e. The van der Waals surface area contributed by atoms with Crippen LogP contribution in [0.3, 0.4) is 0 Å². The van der Waals surface area contributed by atoms with E-state index in [-0.39, 0.29) is 5.75 Å². The quantitative estimate of drug-likeness (QED) is 0.829. The molecule has 21 heavy (non-hydrogen) atoms. The average Bonchev–Trinajstić information content (AvgIpc) is 2.49. The van der Waals surface area contributed by atoms with E-state index in [1.54, 1.807) is 30.5 Å². The highest BCUT2D eigenvalue weighted by Gasteiger charge is 2.20. The van der Waals surface area contributed by atoms with E-state index in [2.05, 4.69) is 4.98 Å². The van der Waals surface area contributed by atoms with Crippen LogP contribution in [0.4, 0.5) is 11.4 Å². The lowest BCUT2D eigenvalue weighted by Gasteiger charge is -2.23. The Morgan fingerprint density at radius 1 is 1.14 bits per heavy atom. The van der Waals surface area contributed by atoms with Crippen molar-refractivity contribution in [2.75, 3.05) is 22.3 Å². The standard InChI is InChI=1S/C15H19N3O2S/c1-2-18(15-8-6-13(16)7-9-15)21(19,20)12-10-14-5-3-4-11-17-14/h3-9,11H,2,10,12,16H2,1H3. The third-order valence-corrected chi connectivity index (χ3v) is 5.01. The fourth-order valence-electron chi connectivity index (χ4n) is 2.07. The summed E-state index contributed by atoms with van der Waals surface area (Å²) in [5.41, 5.74) is 7.65. The zero-order valence-electron chi connectivity index (χ0n) is 11.9. The molecule has 0 radical (unpaired) electrons. The molecular formula is C15H19N3O2S. The van der Waals surface area contributed by atoms with E-state index in [0.717, 1.165) is 5.69 Å². The molecule has 1 heterocycles. The van der Waals surface area contributed by atoms with Crippen molar-refractivity contribution in [2.24, 2.45) is 0 Å². The van der Waals surface area contributed by atoms with Crippen molar-refractivity contribution in [2.45, 2.75) is 13.3 Å². The van der Waals surface area contributed by atoms with Crippen LogP contribution in [-0.2, 0) is 16.4 Å². The van der Waals surface area contributed by atoms with E-state index in [1.807, 2.05) is 25.1 Å². The van der Waals surface area contributed by atoms with Gasteiger partial charge in [0, 0.05) is 30.5 Å². The molecule has 0 unspecified atom stereocenters. The molecule has 0 saturated heterocycles. The first kappa shape index (κ1) is 15.3. The van der Waals surface area contributed by atoms with Gasteiger partial charge >= 0.3 is 0 Å². The second kappa shape index (κ2) is 6.58. The van der Waals surface area contributed by atoms with Crippen molar-refractivity contribution in [3.05, 3.63) is 54.4 Å². The number of sulfonamides is 1. The fourth-order valence-corrected chi connectivity index (χ4v) is 3.59. The first-order chi connectivity index (χ1) is 10.0. The highest BCUT2D eigenvalue weighted by Crippen LogP contribution is 2.20. The molecule has 0 aliphatic carbocycles. The van der Waals surface area contributed by atoms with Gasteiger partial charge in [0.25, 0.3) is 0 Å². The molecule has 0 atom stereocenters. The lowest BCUT2D eigenvalue weighted by Crippen LogP contribution is -2.33. The van der Waals surface area contributed by atoms with Gasteiger partial charge < -0.3 is 5.73 Å². The topological polar surface area (TPSA) is 76.3 Å². The number of hydrogen-bond acceptors (Lipinski definition) is 4. The molecule has 0 spiro atoms. The van der Waals surface area contributed by atoms with Crippen LogP contribution in [0.5, 0.6) is 0 Å². The summed E-state index contributed by atoms with van der Waals surface area (Å²) in [6.07, 6.45) is 2.06. The van der Waals surface area contributed by atoms with Gasteiger partial charge in [-0.05, 0) is 43.3 Å². The lowest BCUT2D eigenvalue weighted by atomic mass is 10.3. The highest BCUT2D eigenvalue weighted by atomic mass is 32.2. The van der Waals surface area contributed by atoms with Crippen LogP contribution in [0.2, 0.25) is 0 Å². The largest absolute Gasteiger partial charge is 0.399 e. The second-order valence-corrected chi connectivity index (χ2v) is 6.66. The zero-order chi connectivity index (χ0) is 15.3. The molecule has 112 valence electrons. The minimum atomic E-state index is -3.38. The zero-order valence-corrected chi connectivity index (χ0v) is 12.8. The number of nitrogens with zero attached hydrogens (tertiary/aromatic N) is 2. The van der Waals surface area contributed by atoms with E-state index in [1.165, 1.54) is 4.31 Å². The van der Waals surface area contributed by atoms with Gasteiger partial charge in [0.05, 0.1) is 11.4 Å². The maximum Gasteiger partial charge on any atom is 0.235 e. The number of nitrogens with two attached hydrogens (primary N) is 1. The third-order valence-electron chi connectivity index (χ3n) is 3.15. The highest BCUT2D eigenvalue weighted by molar-refractivity contribution is 7.92. The third kappa shape index (κ3) is 3.95. The predicted molar refractivity (Wildman–Crippen MR) is 85.6 cm³/mol. The number of anilines is 2. The van der Waals surface area contributed by atoms with Crippen LogP contribution in [0, 0.1) is 0 Å². The number of benzene rings is 1. The van der Waals surface area contributed by atoms with Gasteiger partial charge in [-0.15, -0.1) is 0 Å². The van der Waals surface area contributed by atoms with Crippen LogP contribution in [0.15, 0.2) is 48.7 Å². The van der Waals surface area contributed by atoms with E-state index in [4.69, 9.17) is 5.73 Å². The van der Waals surface area contributed by atoms with E-state index < -0.39 is 10.0 Å². The van der Waals surface area contributed by atoms with Gasteiger partial charge in [-0.2, -0.15) is 0 Å². The molecule has 0 amide bonds. The van der Waals surface area contributed by atoms with Crippen molar-refractivity contribution in [1.29, 1.82) is 0 Å². The number of nitrogen functional groups attached to an aromatic ring is 1. The molecule has 5 nitrogen and oxygen atoms in total. The minimum absolute atomic E-state index is 0.0300. The normalized spacial score (nSPS) is 11.3. The van der Waals surface area contributed by atoms with Crippen molar-refractivity contribution >= 4 is 21.4 Å². The Bertz CT molecular complexity index is 670. The van der Waals surface area contributed by atoms with Crippen LogP contribution in [-0.4, -0.2) is 25.7 Å². The molecule has 0 bridgehead atoms. The molecule has 1 aromatic heterocycles. The summed E-state index contributed by atoms with van der Waals surface area (Å²) in [6.45, 7) is 2.20. The Hall–Kier alpha value is -2.08. The smallest absolute Gasteiger partial charge is 0.235 e. The molecule has 0 aliphatic rings. The fraction of sp³-hybridized carbons (Fsp3) is 0.267. The molecule has 2 rings (SSSR count). The molecule has 2 N–H and O–H groups in total. The number of hydrogen-bond donors (Lipinski definition) is 1. The number of aryl methyl sites for hydroxylation is 1. The molecule has 0 saturated carbocycles. The molecular weight excluding hydrogens is 286 g/mol. The monoisotopic (exact) mass is 305 g/mol.